The molecule has 1 N–H and O–H groups in total. The van der Waals surface area contributed by atoms with Gasteiger partial charge in [0, 0.05) is 16.1 Å². The summed E-state index contributed by atoms with van der Waals surface area (Å²) in [5.74, 6) is -0.0336. The Hall–Kier alpha value is -4.56. The number of nitrogens with zero attached hydrogens (tertiary/aromatic N) is 1. The Kier molecular flexibility index (Phi) is 6.31. The van der Waals surface area contributed by atoms with Gasteiger partial charge in [-0.2, -0.15) is 0 Å². The fourth-order valence-electron chi connectivity index (χ4n) is 4.60. The number of amides is 1. The number of fused-ring (bicyclic) bond motifs is 1. The van der Waals surface area contributed by atoms with Crippen molar-refractivity contribution in [2.45, 2.75) is 12.6 Å². The molecule has 0 aliphatic carbocycles. The third-order valence-corrected chi connectivity index (χ3v) is 7.36. The first kappa shape index (κ1) is 23.8. The van der Waals surface area contributed by atoms with Crippen molar-refractivity contribution in [1.82, 2.24) is 0 Å². The lowest BCUT2D eigenvalue weighted by atomic mass is 9.99. The maximum Gasteiger partial charge on any atom is 0.300 e. The highest BCUT2D eigenvalue weighted by Gasteiger charge is 2.47. The van der Waals surface area contributed by atoms with E-state index in [9.17, 15) is 14.7 Å². The number of ketones is 1. The van der Waals surface area contributed by atoms with Crippen LogP contribution >= 0.6 is 11.3 Å². The van der Waals surface area contributed by atoms with Crippen LogP contribution in [-0.4, -0.2) is 30.0 Å². The minimum Gasteiger partial charge on any atom is -0.507 e. The fourth-order valence-corrected chi connectivity index (χ4v) is 5.43. The van der Waals surface area contributed by atoms with Crippen molar-refractivity contribution in [1.29, 1.82) is 0 Å². The molecule has 1 atom stereocenters. The topological polar surface area (TPSA) is 85.3 Å². The molecule has 190 valence electrons. The van der Waals surface area contributed by atoms with E-state index in [1.165, 1.54) is 16.2 Å². The van der Waals surface area contributed by atoms with Crippen molar-refractivity contribution in [3.05, 3.63) is 112 Å². The SMILES string of the molecule is O=C1C(=O)N(c2ccc(OCc3ccccc3)cc2)C(c2cccs2)/C1=C(/O)c1ccc2c(c1)OCCO2. The second-order valence-electron chi connectivity index (χ2n) is 8.81. The predicted molar refractivity (Wildman–Crippen MR) is 144 cm³/mol. The third-order valence-electron chi connectivity index (χ3n) is 6.44. The molecule has 2 aliphatic heterocycles. The third kappa shape index (κ3) is 4.39. The van der Waals surface area contributed by atoms with Crippen LogP contribution < -0.4 is 19.1 Å². The number of thiophene rings is 1. The van der Waals surface area contributed by atoms with Gasteiger partial charge in [0.2, 0.25) is 0 Å². The molecule has 7 nitrogen and oxygen atoms in total. The number of Topliss-reactive ketones (excluding diaryl/α,β-unsaturated/α-hetero) is 1. The zero-order valence-corrected chi connectivity index (χ0v) is 21.0. The molecule has 2 aliphatic rings. The quantitative estimate of drug-likeness (QED) is 0.197. The summed E-state index contributed by atoms with van der Waals surface area (Å²) in [6.45, 7) is 1.25. The van der Waals surface area contributed by atoms with Gasteiger partial charge in [0.25, 0.3) is 11.7 Å². The maximum atomic E-state index is 13.3. The van der Waals surface area contributed by atoms with E-state index in [-0.39, 0.29) is 11.3 Å². The zero-order chi connectivity index (χ0) is 26.1. The summed E-state index contributed by atoms with van der Waals surface area (Å²) < 4.78 is 17.1. The standard InChI is InChI=1S/C30H23NO6S/c32-28(20-8-13-23-24(17-20)36-15-14-35-23)26-27(25-7-4-16-38-25)31(30(34)29(26)33)21-9-11-22(12-10-21)37-18-19-5-2-1-3-6-19/h1-13,16-17,27,32H,14-15,18H2/b28-26-. The molecule has 0 radical (unpaired) electrons. The van der Waals surface area contributed by atoms with Crippen molar-refractivity contribution < 1.29 is 28.9 Å². The largest absolute Gasteiger partial charge is 0.507 e. The number of benzene rings is 3. The molecule has 0 saturated carbocycles. The summed E-state index contributed by atoms with van der Waals surface area (Å²) in [4.78, 5) is 28.9. The fraction of sp³-hybridized carbons (Fsp3) is 0.133. The normalized spacial score (nSPS) is 18.0. The van der Waals surface area contributed by atoms with Gasteiger partial charge in [-0.25, -0.2) is 0 Å². The maximum absolute atomic E-state index is 13.3. The van der Waals surface area contributed by atoms with E-state index >= 15 is 0 Å². The lowest BCUT2D eigenvalue weighted by Gasteiger charge is -2.24. The van der Waals surface area contributed by atoms with Crippen LogP contribution in [-0.2, 0) is 16.2 Å². The van der Waals surface area contributed by atoms with Gasteiger partial charge in [-0.05, 0) is 59.5 Å². The van der Waals surface area contributed by atoms with E-state index < -0.39 is 17.7 Å². The van der Waals surface area contributed by atoms with Gasteiger partial charge in [-0.1, -0.05) is 36.4 Å². The van der Waals surface area contributed by atoms with Gasteiger partial charge in [0.15, 0.2) is 11.5 Å². The lowest BCUT2D eigenvalue weighted by Crippen LogP contribution is -2.29. The van der Waals surface area contributed by atoms with Crippen LogP contribution in [0.4, 0.5) is 5.69 Å². The summed E-state index contributed by atoms with van der Waals surface area (Å²) >= 11 is 1.41. The van der Waals surface area contributed by atoms with E-state index in [1.807, 2.05) is 47.8 Å². The number of carbonyl (C=O) groups is 2. The van der Waals surface area contributed by atoms with Gasteiger partial charge >= 0.3 is 0 Å². The Labute approximate surface area is 223 Å². The average molecular weight is 526 g/mol. The Balaban J connectivity index is 1.35. The number of hydrogen-bond acceptors (Lipinski definition) is 7. The highest BCUT2D eigenvalue weighted by Crippen LogP contribution is 2.44. The number of anilines is 1. The molecule has 1 amide bonds. The van der Waals surface area contributed by atoms with Crippen molar-refractivity contribution in [2.75, 3.05) is 18.1 Å². The highest BCUT2D eigenvalue weighted by atomic mass is 32.1. The van der Waals surface area contributed by atoms with Crippen molar-refractivity contribution >= 4 is 34.5 Å². The molecule has 1 unspecified atom stereocenters. The Morgan fingerprint density at radius 3 is 2.42 bits per heavy atom. The van der Waals surface area contributed by atoms with Crippen LogP contribution in [0.2, 0.25) is 0 Å². The number of hydrogen-bond donors (Lipinski definition) is 1. The summed E-state index contributed by atoms with van der Waals surface area (Å²) in [6, 6.07) is 24.7. The Morgan fingerprint density at radius 1 is 0.921 bits per heavy atom. The molecule has 1 saturated heterocycles. The molecule has 0 bridgehead atoms. The molecule has 4 aromatic rings. The first-order valence-corrected chi connectivity index (χ1v) is 13.0. The Bertz CT molecular complexity index is 1510. The molecular formula is C30H23NO6S. The van der Waals surface area contributed by atoms with Crippen LogP contribution in [0, 0.1) is 0 Å². The van der Waals surface area contributed by atoms with Crippen molar-refractivity contribution in [3.8, 4) is 17.2 Å². The minimum absolute atomic E-state index is 0.0264. The molecule has 1 fully saturated rings. The first-order valence-electron chi connectivity index (χ1n) is 12.1. The van der Waals surface area contributed by atoms with Gasteiger partial charge in [0.05, 0.1) is 5.57 Å². The van der Waals surface area contributed by atoms with E-state index in [2.05, 4.69) is 0 Å². The first-order chi connectivity index (χ1) is 18.6. The smallest absolute Gasteiger partial charge is 0.300 e. The van der Waals surface area contributed by atoms with E-state index in [0.29, 0.717) is 48.3 Å². The van der Waals surface area contributed by atoms with Crippen LogP contribution in [0.15, 0.2) is 95.9 Å². The number of ether oxygens (including phenoxy) is 3. The molecule has 3 heterocycles. The molecule has 6 rings (SSSR count). The number of aliphatic hydroxyl groups excluding tert-OH is 1. The highest BCUT2D eigenvalue weighted by molar-refractivity contribution is 7.10. The summed E-state index contributed by atoms with van der Waals surface area (Å²) in [5, 5.41) is 13.2. The molecule has 1 aromatic heterocycles. The van der Waals surface area contributed by atoms with Gasteiger partial charge in [0.1, 0.15) is 37.4 Å². The Morgan fingerprint density at radius 2 is 1.68 bits per heavy atom. The molecule has 8 heteroatoms. The lowest BCUT2D eigenvalue weighted by molar-refractivity contribution is -0.132. The summed E-state index contributed by atoms with van der Waals surface area (Å²) in [5.41, 5.74) is 1.97. The predicted octanol–water partition coefficient (Wildman–Crippen LogP) is 5.72. The summed E-state index contributed by atoms with van der Waals surface area (Å²) in [6.07, 6.45) is 0. The van der Waals surface area contributed by atoms with E-state index in [0.717, 1.165) is 10.4 Å². The minimum atomic E-state index is -0.778. The number of rotatable bonds is 6. The van der Waals surface area contributed by atoms with Crippen LogP contribution in [0.25, 0.3) is 5.76 Å². The molecular weight excluding hydrogens is 502 g/mol. The average Bonchev–Trinajstić information content (AvgIpc) is 3.59. The van der Waals surface area contributed by atoms with E-state index in [4.69, 9.17) is 14.2 Å². The van der Waals surface area contributed by atoms with Gasteiger partial charge < -0.3 is 19.3 Å². The van der Waals surface area contributed by atoms with Crippen LogP contribution in [0.5, 0.6) is 17.2 Å². The van der Waals surface area contributed by atoms with Gasteiger partial charge in [-0.3, -0.25) is 14.5 Å². The van der Waals surface area contributed by atoms with Crippen LogP contribution in [0.3, 0.4) is 0 Å². The van der Waals surface area contributed by atoms with Crippen LogP contribution in [0.1, 0.15) is 22.0 Å². The number of aliphatic hydroxyl groups is 1. The molecule has 38 heavy (non-hydrogen) atoms. The van der Waals surface area contributed by atoms with Crippen molar-refractivity contribution in [2.24, 2.45) is 0 Å². The number of carbonyl (C=O) groups excluding carboxylic acids is 2. The zero-order valence-electron chi connectivity index (χ0n) is 20.2. The second-order valence-corrected chi connectivity index (χ2v) is 9.79. The van der Waals surface area contributed by atoms with E-state index in [1.54, 1.807) is 42.5 Å². The summed E-state index contributed by atoms with van der Waals surface area (Å²) in [7, 11) is 0. The van der Waals surface area contributed by atoms with Gasteiger partial charge in [-0.15, -0.1) is 11.3 Å². The molecule has 0 spiro atoms. The van der Waals surface area contributed by atoms with Crippen molar-refractivity contribution in [3.63, 3.8) is 0 Å². The molecule has 3 aromatic carbocycles. The second kappa shape index (κ2) is 10.1. The monoisotopic (exact) mass is 525 g/mol.